The maximum atomic E-state index is 13.8. The van der Waals surface area contributed by atoms with Gasteiger partial charge in [-0.15, -0.1) is 0 Å². The van der Waals surface area contributed by atoms with E-state index in [-0.39, 0.29) is 17.4 Å². The normalized spacial score (nSPS) is 16.0. The summed E-state index contributed by atoms with van der Waals surface area (Å²) in [6, 6.07) is 4.98. The minimum absolute atomic E-state index is 0.0347. The van der Waals surface area contributed by atoms with Gasteiger partial charge in [0.2, 0.25) is 0 Å². The number of amides is 2. The van der Waals surface area contributed by atoms with Gasteiger partial charge in [-0.3, -0.25) is 0 Å². The zero-order chi connectivity index (χ0) is 16.6. The molecule has 0 bridgehead atoms. The van der Waals surface area contributed by atoms with Gasteiger partial charge < -0.3 is 15.1 Å². The first-order chi connectivity index (χ1) is 10.8. The van der Waals surface area contributed by atoms with Crippen molar-refractivity contribution in [2.75, 3.05) is 31.1 Å². The predicted molar refractivity (Wildman–Crippen MR) is 91.6 cm³/mol. The van der Waals surface area contributed by atoms with Crippen molar-refractivity contribution in [1.82, 2.24) is 15.2 Å². The van der Waals surface area contributed by atoms with Crippen LogP contribution in [0.25, 0.3) is 10.2 Å². The van der Waals surface area contributed by atoms with Crippen molar-refractivity contribution in [2.24, 2.45) is 0 Å². The summed E-state index contributed by atoms with van der Waals surface area (Å²) in [6.07, 6.45) is 0. The van der Waals surface area contributed by atoms with Crippen LogP contribution in [0.4, 0.5) is 14.3 Å². The second-order valence-electron chi connectivity index (χ2n) is 6.74. The number of anilines is 1. The van der Waals surface area contributed by atoms with Crippen LogP contribution in [-0.2, 0) is 0 Å². The molecule has 2 aromatic rings. The molecule has 2 heterocycles. The first-order valence-electron chi connectivity index (χ1n) is 7.70. The van der Waals surface area contributed by atoms with Crippen LogP contribution in [-0.4, -0.2) is 47.6 Å². The van der Waals surface area contributed by atoms with E-state index in [4.69, 9.17) is 0 Å². The van der Waals surface area contributed by atoms with Crippen LogP contribution in [0.15, 0.2) is 18.2 Å². The Morgan fingerprint density at radius 1 is 1.26 bits per heavy atom. The standard InChI is InChI=1S/C16H21FN4OS/c1-16(2,3)19-14(22)20-7-9-21(10-8-20)15-18-13-11(17)5-4-6-12(13)23-15/h4-6H,7-10H2,1-3H3,(H,19,22). The number of nitrogens with zero attached hydrogens (tertiary/aromatic N) is 3. The molecule has 0 unspecified atom stereocenters. The van der Waals surface area contributed by atoms with Crippen molar-refractivity contribution in [3.05, 3.63) is 24.0 Å². The number of para-hydroxylation sites is 1. The number of thiazole rings is 1. The van der Waals surface area contributed by atoms with Gasteiger partial charge in [-0.2, -0.15) is 0 Å². The summed E-state index contributed by atoms with van der Waals surface area (Å²) in [5.41, 5.74) is 0.194. The van der Waals surface area contributed by atoms with Gasteiger partial charge in [-0.1, -0.05) is 17.4 Å². The summed E-state index contributed by atoms with van der Waals surface area (Å²) in [5, 5.41) is 3.80. The van der Waals surface area contributed by atoms with E-state index in [0.29, 0.717) is 31.7 Å². The first kappa shape index (κ1) is 16.0. The average Bonchev–Trinajstić information content (AvgIpc) is 2.91. The summed E-state index contributed by atoms with van der Waals surface area (Å²) in [4.78, 5) is 20.5. The van der Waals surface area contributed by atoms with Crippen molar-refractivity contribution in [3.63, 3.8) is 0 Å². The molecule has 2 amide bonds. The van der Waals surface area contributed by atoms with Crippen molar-refractivity contribution >= 4 is 32.7 Å². The zero-order valence-electron chi connectivity index (χ0n) is 13.6. The van der Waals surface area contributed by atoms with E-state index in [1.807, 2.05) is 31.7 Å². The highest BCUT2D eigenvalue weighted by molar-refractivity contribution is 7.22. The van der Waals surface area contributed by atoms with E-state index in [1.54, 1.807) is 6.07 Å². The van der Waals surface area contributed by atoms with Crippen molar-refractivity contribution in [2.45, 2.75) is 26.3 Å². The van der Waals surface area contributed by atoms with Crippen molar-refractivity contribution < 1.29 is 9.18 Å². The molecule has 0 saturated carbocycles. The summed E-state index contributed by atoms with van der Waals surface area (Å²) >= 11 is 1.49. The van der Waals surface area contributed by atoms with Gasteiger partial charge in [0, 0.05) is 31.7 Å². The van der Waals surface area contributed by atoms with Gasteiger partial charge in [0.05, 0.1) is 4.70 Å². The van der Waals surface area contributed by atoms with Gasteiger partial charge in [-0.05, 0) is 32.9 Å². The molecule has 1 N–H and O–H groups in total. The molecule has 1 fully saturated rings. The molecule has 0 aliphatic carbocycles. The number of benzene rings is 1. The molecule has 0 radical (unpaired) electrons. The SMILES string of the molecule is CC(C)(C)NC(=O)N1CCN(c2nc3c(F)cccc3s2)CC1. The van der Waals surface area contributed by atoms with E-state index in [2.05, 4.69) is 15.2 Å². The van der Waals surface area contributed by atoms with Crippen molar-refractivity contribution in [3.8, 4) is 0 Å². The third kappa shape index (κ3) is 3.55. The number of hydrogen-bond donors (Lipinski definition) is 1. The number of rotatable bonds is 1. The fourth-order valence-electron chi connectivity index (χ4n) is 2.54. The maximum Gasteiger partial charge on any atom is 0.317 e. The molecule has 3 rings (SSSR count). The number of fused-ring (bicyclic) bond motifs is 1. The molecule has 1 saturated heterocycles. The quantitative estimate of drug-likeness (QED) is 0.871. The Labute approximate surface area is 139 Å². The van der Waals surface area contributed by atoms with E-state index < -0.39 is 0 Å². The maximum absolute atomic E-state index is 13.8. The highest BCUT2D eigenvalue weighted by atomic mass is 32.1. The predicted octanol–water partition coefficient (Wildman–Crippen LogP) is 3.07. The molecule has 7 heteroatoms. The summed E-state index contributed by atoms with van der Waals surface area (Å²) in [5.74, 6) is -0.284. The number of carbonyl (C=O) groups is 1. The Bertz CT molecular complexity index is 716. The van der Waals surface area contributed by atoms with Gasteiger partial charge in [0.15, 0.2) is 5.13 Å². The number of hydrogen-bond acceptors (Lipinski definition) is 4. The van der Waals surface area contributed by atoms with Crippen LogP contribution >= 0.6 is 11.3 Å². The highest BCUT2D eigenvalue weighted by Crippen LogP contribution is 2.30. The number of carbonyl (C=O) groups excluding carboxylic acids is 1. The number of halogens is 1. The second kappa shape index (κ2) is 5.96. The smallest absolute Gasteiger partial charge is 0.317 e. The monoisotopic (exact) mass is 336 g/mol. The number of urea groups is 1. The van der Waals surface area contributed by atoms with E-state index in [9.17, 15) is 9.18 Å². The molecular formula is C16H21FN4OS. The summed E-state index contributed by atoms with van der Waals surface area (Å²) in [6.45, 7) is 8.60. The Morgan fingerprint density at radius 3 is 2.57 bits per heavy atom. The van der Waals surface area contributed by atoms with Gasteiger partial charge in [0.1, 0.15) is 11.3 Å². The molecule has 124 valence electrons. The number of nitrogens with one attached hydrogen (secondary N) is 1. The lowest BCUT2D eigenvalue weighted by Gasteiger charge is -2.36. The van der Waals surface area contributed by atoms with Gasteiger partial charge in [-0.25, -0.2) is 14.2 Å². The highest BCUT2D eigenvalue weighted by Gasteiger charge is 2.25. The molecule has 0 atom stereocenters. The average molecular weight is 336 g/mol. The first-order valence-corrected chi connectivity index (χ1v) is 8.52. The van der Waals surface area contributed by atoms with Crippen LogP contribution in [0.5, 0.6) is 0 Å². The molecule has 23 heavy (non-hydrogen) atoms. The van der Waals surface area contributed by atoms with Crippen LogP contribution in [0, 0.1) is 5.82 Å². The minimum atomic E-state index is -0.284. The van der Waals surface area contributed by atoms with E-state index in [0.717, 1.165) is 9.83 Å². The van der Waals surface area contributed by atoms with Crippen LogP contribution in [0.2, 0.25) is 0 Å². The third-order valence-corrected chi connectivity index (χ3v) is 4.76. The zero-order valence-corrected chi connectivity index (χ0v) is 14.4. The summed E-state index contributed by atoms with van der Waals surface area (Å²) in [7, 11) is 0. The van der Waals surface area contributed by atoms with Crippen LogP contribution < -0.4 is 10.2 Å². The van der Waals surface area contributed by atoms with E-state index >= 15 is 0 Å². The molecule has 1 aromatic carbocycles. The third-order valence-electron chi connectivity index (χ3n) is 3.68. The van der Waals surface area contributed by atoms with Crippen molar-refractivity contribution in [1.29, 1.82) is 0 Å². The fourth-order valence-corrected chi connectivity index (χ4v) is 3.57. The van der Waals surface area contributed by atoms with Gasteiger partial charge >= 0.3 is 6.03 Å². The molecular weight excluding hydrogens is 315 g/mol. The largest absolute Gasteiger partial charge is 0.345 e. The van der Waals surface area contributed by atoms with Crippen LogP contribution in [0.3, 0.4) is 0 Å². The Morgan fingerprint density at radius 2 is 1.96 bits per heavy atom. The molecule has 1 aromatic heterocycles. The van der Waals surface area contributed by atoms with Gasteiger partial charge in [0.25, 0.3) is 0 Å². The summed E-state index contributed by atoms with van der Waals surface area (Å²) < 4.78 is 14.6. The number of aromatic nitrogens is 1. The van der Waals surface area contributed by atoms with Crippen LogP contribution in [0.1, 0.15) is 20.8 Å². The Balaban J connectivity index is 1.66. The Hall–Kier alpha value is -1.89. The molecule has 1 aliphatic heterocycles. The molecule has 0 spiro atoms. The van der Waals surface area contributed by atoms with E-state index in [1.165, 1.54) is 17.4 Å². The Kier molecular flexibility index (Phi) is 4.14. The lowest BCUT2D eigenvalue weighted by Crippen LogP contribution is -2.55. The molecule has 1 aliphatic rings. The lowest BCUT2D eigenvalue weighted by atomic mass is 10.1. The minimum Gasteiger partial charge on any atom is -0.345 e. The molecule has 5 nitrogen and oxygen atoms in total. The topological polar surface area (TPSA) is 48.5 Å². The lowest BCUT2D eigenvalue weighted by molar-refractivity contribution is 0.185. The second-order valence-corrected chi connectivity index (χ2v) is 7.75. The fraction of sp³-hybridized carbons (Fsp3) is 0.500. The number of piperazine rings is 1.